The van der Waals surface area contributed by atoms with Crippen LogP contribution in [0.25, 0.3) is 28.0 Å². The summed E-state index contributed by atoms with van der Waals surface area (Å²) in [6.07, 6.45) is 13.3. The molecule has 7 nitrogen and oxygen atoms in total. The van der Waals surface area contributed by atoms with Gasteiger partial charge in [0.15, 0.2) is 5.65 Å². The Kier molecular flexibility index (Phi) is 11.2. The number of piperidine rings is 1. The number of anilines is 1. The van der Waals surface area contributed by atoms with Gasteiger partial charge in [-0.1, -0.05) is 80.6 Å². The van der Waals surface area contributed by atoms with Gasteiger partial charge in [-0.25, -0.2) is 4.98 Å². The lowest BCUT2D eigenvalue weighted by molar-refractivity contribution is 0.188. The maximum Gasteiger partial charge on any atom is 0.166 e. The van der Waals surface area contributed by atoms with Crippen molar-refractivity contribution in [3.05, 3.63) is 71.9 Å². The van der Waals surface area contributed by atoms with Crippen LogP contribution in [-0.4, -0.2) is 88.5 Å². The number of hydrogen-bond donors (Lipinski definition) is 1. The Bertz CT molecular complexity index is 1490. The molecule has 4 heterocycles. The Labute approximate surface area is 269 Å². The van der Waals surface area contributed by atoms with E-state index in [1.54, 1.807) is 0 Å². The molecule has 0 spiro atoms. The molecule has 2 aliphatic rings. The first-order chi connectivity index (χ1) is 22.2. The van der Waals surface area contributed by atoms with Crippen molar-refractivity contribution in [3.8, 4) is 22.4 Å². The highest BCUT2D eigenvalue weighted by atomic mass is 16.3. The molecule has 2 fully saturated rings. The number of β-amino-alcohol motifs (C(OH)–C–C–N with tert-alkyl or cyclic N) is 1. The largest absolute Gasteiger partial charge is 0.395 e. The van der Waals surface area contributed by atoms with Crippen LogP contribution in [-0.2, 0) is 6.42 Å². The summed E-state index contributed by atoms with van der Waals surface area (Å²) in [4.78, 5) is 12.7. The number of nitrogens with zero attached hydrogens (tertiary/aromatic N) is 6. The van der Waals surface area contributed by atoms with E-state index >= 15 is 0 Å². The highest BCUT2D eigenvalue weighted by Crippen LogP contribution is 2.33. The van der Waals surface area contributed by atoms with E-state index in [1.807, 2.05) is 0 Å². The van der Waals surface area contributed by atoms with Crippen LogP contribution in [0.1, 0.15) is 69.0 Å². The minimum absolute atomic E-state index is 0.206. The Morgan fingerprint density at radius 3 is 2.18 bits per heavy atom. The third-order valence-electron chi connectivity index (χ3n) is 9.78. The van der Waals surface area contributed by atoms with Gasteiger partial charge < -0.3 is 14.9 Å². The van der Waals surface area contributed by atoms with Crippen molar-refractivity contribution < 1.29 is 5.11 Å². The first-order valence-electron chi connectivity index (χ1n) is 17.6. The second-order valence-electron chi connectivity index (χ2n) is 13.1. The average Bonchev–Trinajstić information content (AvgIpc) is 3.42. The van der Waals surface area contributed by atoms with Crippen molar-refractivity contribution in [1.29, 1.82) is 0 Å². The average molecular weight is 609 g/mol. The van der Waals surface area contributed by atoms with Gasteiger partial charge in [0, 0.05) is 49.9 Å². The molecule has 0 aliphatic carbocycles. The molecular weight excluding hydrogens is 556 g/mol. The molecule has 7 heteroatoms. The molecule has 0 atom stereocenters. The highest BCUT2D eigenvalue weighted by molar-refractivity contribution is 5.83. The van der Waals surface area contributed by atoms with Gasteiger partial charge in [-0.15, -0.1) is 0 Å². The smallest absolute Gasteiger partial charge is 0.166 e. The fourth-order valence-electron chi connectivity index (χ4n) is 7.21. The first kappa shape index (κ1) is 31.7. The van der Waals surface area contributed by atoms with Crippen LogP contribution in [0.15, 0.2) is 60.7 Å². The molecule has 2 aromatic heterocycles. The van der Waals surface area contributed by atoms with Crippen LogP contribution in [0, 0.1) is 6.92 Å². The first-order valence-corrected chi connectivity index (χ1v) is 17.6. The normalized spacial score (nSPS) is 16.5. The molecular formula is C38H52N6O. The van der Waals surface area contributed by atoms with E-state index in [9.17, 15) is 5.11 Å². The molecule has 6 rings (SSSR count). The predicted octanol–water partition coefficient (Wildman–Crippen LogP) is 6.86. The standard InChI is InChI=1S/C38H52N6O/c1-31-37(33-17-9-6-10-18-33)38-39-35(30-36(44(38)40-31)43-25-23-42(24-26-43)27-28-45)34-19-14-16-32(29-34)15-8-4-2-3-5-11-20-41-21-12-7-13-22-41/h6,9-10,14,16-19,29-30,45H,2-5,7-8,11-13,15,20-28H2,1H3. The van der Waals surface area contributed by atoms with E-state index < -0.39 is 0 Å². The second-order valence-corrected chi connectivity index (χ2v) is 13.1. The molecule has 1 N–H and O–H groups in total. The lowest BCUT2D eigenvalue weighted by atomic mass is 10.0. The zero-order valence-corrected chi connectivity index (χ0v) is 27.3. The summed E-state index contributed by atoms with van der Waals surface area (Å²) in [6, 6.07) is 21.8. The number of aryl methyl sites for hydroxylation is 2. The van der Waals surface area contributed by atoms with Crippen LogP contribution in [0.3, 0.4) is 0 Å². The Morgan fingerprint density at radius 1 is 0.689 bits per heavy atom. The zero-order chi connectivity index (χ0) is 30.8. The van der Waals surface area contributed by atoms with Crippen molar-refractivity contribution in [2.24, 2.45) is 0 Å². The molecule has 0 saturated carbocycles. The summed E-state index contributed by atoms with van der Waals surface area (Å²) in [7, 11) is 0. The van der Waals surface area contributed by atoms with Crippen LogP contribution in [0.5, 0.6) is 0 Å². The second kappa shape index (κ2) is 15.8. The molecule has 0 amide bonds. The van der Waals surface area contributed by atoms with E-state index in [0.717, 1.165) is 73.1 Å². The Hall–Kier alpha value is -3.26. The van der Waals surface area contributed by atoms with E-state index in [1.165, 1.54) is 88.5 Å². The third kappa shape index (κ3) is 8.13. The number of likely N-dealkylation sites (tertiary alicyclic amines) is 1. The lowest BCUT2D eigenvalue weighted by Gasteiger charge is -2.35. The van der Waals surface area contributed by atoms with Crippen molar-refractivity contribution in [1.82, 2.24) is 24.4 Å². The minimum atomic E-state index is 0.206. The summed E-state index contributed by atoms with van der Waals surface area (Å²) in [5.74, 6) is 1.09. The molecule has 4 aromatic rings. The number of fused-ring (bicyclic) bond motifs is 1. The predicted molar refractivity (Wildman–Crippen MR) is 186 cm³/mol. The number of piperazine rings is 1. The molecule has 2 aromatic carbocycles. The van der Waals surface area contributed by atoms with E-state index in [4.69, 9.17) is 10.1 Å². The number of rotatable bonds is 14. The van der Waals surface area contributed by atoms with Gasteiger partial charge in [-0.05, 0) is 75.9 Å². The van der Waals surface area contributed by atoms with Gasteiger partial charge >= 0.3 is 0 Å². The van der Waals surface area contributed by atoms with Crippen molar-refractivity contribution in [2.45, 2.75) is 71.1 Å². The van der Waals surface area contributed by atoms with Crippen LogP contribution in [0.2, 0.25) is 0 Å². The summed E-state index contributed by atoms with van der Waals surface area (Å²) < 4.78 is 2.05. The number of aromatic nitrogens is 3. The molecule has 0 bridgehead atoms. The van der Waals surface area contributed by atoms with Gasteiger partial charge in [0.25, 0.3) is 0 Å². The topological polar surface area (TPSA) is 60.1 Å². The van der Waals surface area contributed by atoms with Crippen molar-refractivity contribution >= 4 is 11.5 Å². The summed E-state index contributed by atoms with van der Waals surface area (Å²) in [6.45, 7) is 10.6. The third-order valence-corrected chi connectivity index (χ3v) is 9.78. The SMILES string of the molecule is Cc1nn2c(N3CCN(CCO)CC3)cc(-c3cccc(CCCCCCCCN4CCCCC4)c3)nc2c1-c1ccccc1. The van der Waals surface area contributed by atoms with Gasteiger partial charge in [-0.3, -0.25) is 4.90 Å². The van der Waals surface area contributed by atoms with Gasteiger partial charge in [-0.2, -0.15) is 9.61 Å². The van der Waals surface area contributed by atoms with Crippen LogP contribution >= 0.6 is 0 Å². The summed E-state index contributed by atoms with van der Waals surface area (Å²) >= 11 is 0. The zero-order valence-electron chi connectivity index (χ0n) is 27.3. The molecule has 0 radical (unpaired) electrons. The fraction of sp³-hybridized carbons (Fsp3) is 0.526. The Balaban J connectivity index is 1.15. The van der Waals surface area contributed by atoms with Crippen molar-refractivity contribution in [3.63, 3.8) is 0 Å². The molecule has 45 heavy (non-hydrogen) atoms. The van der Waals surface area contributed by atoms with E-state index in [2.05, 4.69) is 86.8 Å². The summed E-state index contributed by atoms with van der Waals surface area (Å²) in [5, 5.41) is 14.5. The molecule has 240 valence electrons. The molecule has 2 aliphatic heterocycles. The van der Waals surface area contributed by atoms with Gasteiger partial charge in [0.1, 0.15) is 5.82 Å². The number of aliphatic hydroxyl groups is 1. The van der Waals surface area contributed by atoms with Crippen LogP contribution < -0.4 is 4.90 Å². The number of benzene rings is 2. The maximum absolute atomic E-state index is 9.44. The minimum Gasteiger partial charge on any atom is -0.395 e. The van der Waals surface area contributed by atoms with Crippen LogP contribution in [0.4, 0.5) is 5.82 Å². The van der Waals surface area contributed by atoms with Gasteiger partial charge in [0.2, 0.25) is 0 Å². The molecule has 0 unspecified atom stereocenters. The monoisotopic (exact) mass is 608 g/mol. The maximum atomic E-state index is 9.44. The van der Waals surface area contributed by atoms with E-state index in [0.29, 0.717) is 0 Å². The number of hydrogen-bond acceptors (Lipinski definition) is 6. The molecule has 2 saturated heterocycles. The van der Waals surface area contributed by atoms with Crippen molar-refractivity contribution in [2.75, 3.05) is 63.9 Å². The Morgan fingerprint density at radius 2 is 1.40 bits per heavy atom. The highest BCUT2D eigenvalue weighted by Gasteiger charge is 2.23. The quantitative estimate of drug-likeness (QED) is 0.158. The van der Waals surface area contributed by atoms with E-state index in [-0.39, 0.29) is 6.61 Å². The number of unbranched alkanes of at least 4 members (excludes halogenated alkanes) is 5. The summed E-state index contributed by atoms with van der Waals surface area (Å²) in [5.41, 5.74) is 7.72. The number of aliphatic hydroxyl groups excluding tert-OH is 1. The lowest BCUT2D eigenvalue weighted by Crippen LogP contribution is -2.47. The van der Waals surface area contributed by atoms with Gasteiger partial charge in [0.05, 0.1) is 18.0 Å². The fourth-order valence-corrected chi connectivity index (χ4v) is 7.21.